The molecule has 0 aliphatic rings. The van der Waals surface area contributed by atoms with Crippen LogP contribution in [0.1, 0.15) is 18.9 Å². The molecule has 0 fully saturated rings. The van der Waals surface area contributed by atoms with Gasteiger partial charge in [0.05, 0.1) is 7.11 Å². The molecule has 5 nitrogen and oxygen atoms in total. The van der Waals surface area contributed by atoms with Gasteiger partial charge in [0.25, 0.3) is 0 Å². The second kappa shape index (κ2) is 7.62. The lowest BCUT2D eigenvalue weighted by Gasteiger charge is -2.05. The van der Waals surface area contributed by atoms with E-state index in [2.05, 4.69) is 15.6 Å². The molecule has 0 radical (unpaired) electrons. The van der Waals surface area contributed by atoms with E-state index >= 15 is 0 Å². The Bertz CT molecular complexity index is 338. The van der Waals surface area contributed by atoms with Crippen molar-refractivity contribution in [2.45, 2.75) is 19.9 Å². The van der Waals surface area contributed by atoms with Crippen LogP contribution in [0.3, 0.4) is 0 Å². The number of hydrogen-bond donors (Lipinski definition) is 2. The number of carbonyl (C=O) groups excluding carboxylic acids is 1. The lowest BCUT2D eigenvalue weighted by molar-refractivity contribution is -0.120. The van der Waals surface area contributed by atoms with Gasteiger partial charge in [0.2, 0.25) is 11.8 Å². The first kappa shape index (κ1) is 13.4. The largest absolute Gasteiger partial charge is 0.481 e. The lowest BCUT2D eigenvalue weighted by atomic mass is 10.3. The summed E-state index contributed by atoms with van der Waals surface area (Å²) in [4.78, 5) is 15.3. The third-order valence-electron chi connectivity index (χ3n) is 2.24. The van der Waals surface area contributed by atoms with Crippen LogP contribution in [0, 0.1) is 0 Å². The van der Waals surface area contributed by atoms with Crippen LogP contribution in [0.4, 0.5) is 0 Å². The highest BCUT2D eigenvalue weighted by atomic mass is 16.5. The smallest absolute Gasteiger partial charge is 0.221 e. The molecule has 1 aromatic rings. The third-order valence-corrected chi connectivity index (χ3v) is 2.24. The van der Waals surface area contributed by atoms with Gasteiger partial charge < -0.3 is 15.4 Å². The van der Waals surface area contributed by atoms with E-state index in [1.807, 2.05) is 19.1 Å². The molecule has 0 saturated carbocycles. The molecule has 0 unspecified atom stereocenters. The molecule has 17 heavy (non-hydrogen) atoms. The van der Waals surface area contributed by atoms with Crippen molar-refractivity contribution in [2.24, 2.45) is 0 Å². The number of aromatic nitrogens is 1. The van der Waals surface area contributed by atoms with Crippen LogP contribution in [0.15, 0.2) is 18.3 Å². The Morgan fingerprint density at radius 1 is 1.47 bits per heavy atom. The summed E-state index contributed by atoms with van der Waals surface area (Å²) in [5, 5.41) is 5.94. The first-order valence-corrected chi connectivity index (χ1v) is 5.72. The Morgan fingerprint density at radius 2 is 2.29 bits per heavy atom. The highest BCUT2D eigenvalue weighted by Gasteiger charge is 1.99. The predicted octanol–water partition coefficient (Wildman–Crippen LogP) is 0.706. The van der Waals surface area contributed by atoms with Gasteiger partial charge in [-0.3, -0.25) is 4.79 Å². The molecule has 1 rings (SSSR count). The normalized spacial score (nSPS) is 10.0. The van der Waals surface area contributed by atoms with Crippen LogP contribution in [-0.4, -0.2) is 31.1 Å². The fourth-order valence-electron chi connectivity index (χ4n) is 1.36. The van der Waals surface area contributed by atoms with Crippen LogP contribution >= 0.6 is 0 Å². The van der Waals surface area contributed by atoms with Crippen LogP contribution in [0.2, 0.25) is 0 Å². The maximum Gasteiger partial charge on any atom is 0.221 e. The maximum atomic E-state index is 11.2. The quantitative estimate of drug-likeness (QED) is 0.685. The van der Waals surface area contributed by atoms with Crippen molar-refractivity contribution in [3.05, 3.63) is 23.9 Å². The first-order valence-electron chi connectivity index (χ1n) is 5.72. The second-order valence-electron chi connectivity index (χ2n) is 3.59. The lowest BCUT2D eigenvalue weighted by Crippen LogP contribution is -2.27. The average molecular weight is 237 g/mol. The third kappa shape index (κ3) is 5.31. The van der Waals surface area contributed by atoms with Crippen molar-refractivity contribution < 1.29 is 9.53 Å². The van der Waals surface area contributed by atoms with Crippen molar-refractivity contribution >= 4 is 5.91 Å². The van der Waals surface area contributed by atoms with Crippen LogP contribution in [0.5, 0.6) is 5.88 Å². The number of rotatable bonds is 7. The van der Waals surface area contributed by atoms with Crippen molar-refractivity contribution in [3.8, 4) is 5.88 Å². The molecule has 1 amide bonds. The monoisotopic (exact) mass is 237 g/mol. The molecular formula is C12H19N3O2. The van der Waals surface area contributed by atoms with Crippen LogP contribution in [0.25, 0.3) is 0 Å². The van der Waals surface area contributed by atoms with Crippen molar-refractivity contribution in [3.63, 3.8) is 0 Å². The molecule has 2 N–H and O–H groups in total. The molecule has 94 valence electrons. The van der Waals surface area contributed by atoms with Gasteiger partial charge in [-0.2, -0.15) is 0 Å². The van der Waals surface area contributed by atoms with Crippen molar-refractivity contribution in [1.82, 2.24) is 15.6 Å². The molecule has 0 aromatic carbocycles. The van der Waals surface area contributed by atoms with E-state index in [9.17, 15) is 4.79 Å². The summed E-state index contributed by atoms with van der Waals surface area (Å²) < 4.78 is 4.97. The molecule has 0 bridgehead atoms. The van der Waals surface area contributed by atoms with E-state index in [4.69, 9.17) is 4.74 Å². The van der Waals surface area contributed by atoms with E-state index < -0.39 is 0 Å². The Balaban J connectivity index is 2.19. The molecule has 5 heteroatoms. The Morgan fingerprint density at radius 3 is 2.88 bits per heavy atom. The average Bonchev–Trinajstić information content (AvgIpc) is 2.36. The molecular weight excluding hydrogens is 218 g/mol. The van der Waals surface area contributed by atoms with Gasteiger partial charge in [-0.25, -0.2) is 4.98 Å². The summed E-state index contributed by atoms with van der Waals surface area (Å²) in [7, 11) is 1.59. The predicted molar refractivity (Wildman–Crippen MR) is 65.8 cm³/mol. The van der Waals surface area contributed by atoms with Gasteiger partial charge in [-0.15, -0.1) is 0 Å². The number of nitrogens with one attached hydrogen (secondary N) is 2. The molecule has 0 aliphatic heterocycles. The second-order valence-corrected chi connectivity index (χ2v) is 3.59. The first-order chi connectivity index (χ1) is 8.26. The van der Waals surface area contributed by atoms with Gasteiger partial charge in [0.15, 0.2) is 0 Å². The molecule has 0 spiro atoms. The Hall–Kier alpha value is -1.62. The fourth-order valence-corrected chi connectivity index (χ4v) is 1.36. The highest BCUT2D eigenvalue weighted by molar-refractivity contribution is 5.75. The minimum Gasteiger partial charge on any atom is -0.481 e. The van der Waals surface area contributed by atoms with Gasteiger partial charge in [0, 0.05) is 38.3 Å². The zero-order chi connectivity index (χ0) is 12.5. The zero-order valence-electron chi connectivity index (χ0n) is 10.3. The van der Waals surface area contributed by atoms with E-state index in [0.29, 0.717) is 31.9 Å². The zero-order valence-corrected chi connectivity index (χ0v) is 10.3. The molecule has 1 aromatic heterocycles. The number of nitrogens with zero attached hydrogens (tertiary/aromatic N) is 1. The minimum absolute atomic E-state index is 0.0767. The van der Waals surface area contributed by atoms with E-state index in [1.54, 1.807) is 13.3 Å². The standard InChI is InChI=1S/C12H19N3O2/c1-3-14-11(16)6-7-13-8-10-4-5-12(17-2)15-9-10/h4-5,9,13H,3,6-8H2,1-2H3,(H,14,16). The number of hydrogen-bond acceptors (Lipinski definition) is 4. The number of pyridine rings is 1. The Labute approximate surface area is 102 Å². The van der Waals surface area contributed by atoms with Gasteiger partial charge >= 0.3 is 0 Å². The fraction of sp³-hybridized carbons (Fsp3) is 0.500. The molecule has 1 heterocycles. The van der Waals surface area contributed by atoms with Crippen molar-refractivity contribution in [1.29, 1.82) is 0 Å². The van der Waals surface area contributed by atoms with E-state index in [0.717, 1.165) is 5.56 Å². The number of carbonyl (C=O) groups is 1. The summed E-state index contributed by atoms with van der Waals surface area (Å²) >= 11 is 0. The summed E-state index contributed by atoms with van der Waals surface area (Å²) in [5.74, 6) is 0.684. The van der Waals surface area contributed by atoms with E-state index in [-0.39, 0.29) is 5.91 Å². The van der Waals surface area contributed by atoms with Gasteiger partial charge in [-0.1, -0.05) is 6.07 Å². The Kier molecular flexibility index (Phi) is 6.03. The van der Waals surface area contributed by atoms with E-state index in [1.165, 1.54) is 0 Å². The number of ether oxygens (including phenoxy) is 1. The number of methoxy groups -OCH3 is 1. The van der Waals surface area contributed by atoms with Crippen LogP contribution in [-0.2, 0) is 11.3 Å². The van der Waals surface area contributed by atoms with Gasteiger partial charge in [-0.05, 0) is 12.5 Å². The summed E-state index contributed by atoms with van der Waals surface area (Å²) in [5.41, 5.74) is 1.07. The van der Waals surface area contributed by atoms with Crippen LogP contribution < -0.4 is 15.4 Å². The molecule has 0 saturated heterocycles. The summed E-state index contributed by atoms with van der Waals surface area (Å²) in [6.07, 6.45) is 2.26. The highest BCUT2D eigenvalue weighted by Crippen LogP contribution is 2.05. The molecule has 0 aliphatic carbocycles. The van der Waals surface area contributed by atoms with Crippen molar-refractivity contribution in [2.75, 3.05) is 20.2 Å². The topological polar surface area (TPSA) is 63.2 Å². The molecule has 0 atom stereocenters. The minimum atomic E-state index is 0.0767. The SMILES string of the molecule is CCNC(=O)CCNCc1ccc(OC)nc1. The maximum absolute atomic E-state index is 11.2. The van der Waals surface area contributed by atoms with Gasteiger partial charge in [0.1, 0.15) is 0 Å². The summed E-state index contributed by atoms with van der Waals surface area (Å²) in [6.45, 7) is 3.96. The number of amides is 1. The summed E-state index contributed by atoms with van der Waals surface area (Å²) in [6, 6.07) is 3.77.